The highest BCUT2D eigenvalue weighted by molar-refractivity contribution is 9.10. The molecule has 0 saturated heterocycles. The number of nitrogens with zero attached hydrogens (tertiary/aromatic N) is 1. The summed E-state index contributed by atoms with van der Waals surface area (Å²) in [5.41, 5.74) is 7.14. The van der Waals surface area contributed by atoms with Gasteiger partial charge in [-0.15, -0.1) is 0 Å². The minimum absolute atomic E-state index is 0.0313. The molecule has 0 aliphatic carbocycles. The highest BCUT2D eigenvalue weighted by Gasteiger charge is 2.26. The number of rotatable bonds is 0. The standard InChI is InChI=1S/C11H13BrN2O2/c1-6-3-10(15)14(2)9-5-7(12)4-8(13)11(9)16-6/h4-6H,3,13H2,1-2H3. The molecule has 1 aliphatic heterocycles. The van der Waals surface area contributed by atoms with Gasteiger partial charge in [0, 0.05) is 11.5 Å². The summed E-state index contributed by atoms with van der Waals surface area (Å²) in [6.07, 6.45) is 0.210. The third-order valence-electron chi connectivity index (χ3n) is 2.58. The van der Waals surface area contributed by atoms with E-state index in [1.807, 2.05) is 13.0 Å². The number of halogens is 1. The number of nitrogens with two attached hydrogens (primary N) is 1. The fourth-order valence-electron chi connectivity index (χ4n) is 1.74. The predicted octanol–water partition coefficient (Wildman–Crippen LogP) is 2.17. The van der Waals surface area contributed by atoms with Gasteiger partial charge >= 0.3 is 0 Å². The number of benzene rings is 1. The molecule has 2 N–H and O–H groups in total. The molecule has 0 saturated carbocycles. The van der Waals surface area contributed by atoms with Crippen LogP contribution in [-0.2, 0) is 4.79 Å². The molecule has 5 heteroatoms. The number of anilines is 2. The van der Waals surface area contributed by atoms with Crippen molar-refractivity contribution in [2.45, 2.75) is 19.4 Å². The van der Waals surface area contributed by atoms with Gasteiger partial charge in [-0.25, -0.2) is 0 Å². The van der Waals surface area contributed by atoms with Gasteiger partial charge in [-0.05, 0) is 19.1 Å². The summed E-state index contributed by atoms with van der Waals surface area (Å²) in [5.74, 6) is 0.618. The maximum atomic E-state index is 11.8. The van der Waals surface area contributed by atoms with Crippen molar-refractivity contribution in [3.8, 4) is 5.75 Å². The Labute approximate surface area is 102 Å². The molecule has 0 spiro atoms. The van der Waals surface area contributed by atoms with Crippen LogP contribution in [0.3, 0.4) is 0 Å². The van der Waals surface area contributed by atoms with Crippen LogP contribution < -0.4 is 15.4 Å². The molecule has 1 aliphatic rings. The van der Waals surface area contributed by atoms with E-state index in [4.69, 9.17) is 10.5 Å². The average Bonchev–Trinajstić information content (AvgIpc) is 2.29. The van der Waals surface area contributed by atoms with E-state index < -0.39 is 0 Å². The number of hydrogen-bond donors (Lipinski definition) is 1. The number of carbonyl (C=O) groups excluding carboxylic acids is 1. The minimum atomic E-state index is -0.153. The highest BCUT2D eigenvalue weighted by atomic mass is 79.9. The summed E-state index contributed by atoms with van der Waals surface area (Å²) < 4.78 is 6.51. The normalized spacial score (nSPS) is 20.1. The van der Waals surface area contributed by atoms with E-state index in [-0.39, 0.29) is 12.0 Å². The lowest BCUT2D eigenvalue weighted by atomic mass is 10.2. The molecule has 0 aromatic heterocycles. The maximum absolute atomic E-state index is 11.8. The van der Waals surface area contributed by atoms with E-state index in [9.17, 15) is 4.79 Å². The molecule has 4 nitrogen and oxygen atoms in total. The number of ether oxygens (including phenoxy) is 1. The van der Waals surface area contributed by atoms with Gasteiger partial charge in [-0.1, -0.05) is 15.9 Å². The van der Waals surface area contributed by atoms with Crippen molar-refractivity contribution in [2.24, 2.45) is 0 Å². The first kappa shape index (κ1) is 11.3. The Kier molecular flexibility index (Phi) is 2.80. The summed E-state index contributed by atoms with van der Waals surface area (Å²) in [4.78, 5) is 13.4. The van der Waals surface area contributed by atoms with Gasteiger partial charge in [0.05, 0.1) is 17.8 Å². The lowest BCUT2D eigenvalue weighted by Gasteiger charge is -2.18. The zero-order valence-electron chi connectivity index (χ0n) is 9.16. The van der Waals surface area contributed by atoms with Crippen LogP contribution in [0.2, 0.25) is 0 Å². The molecule has 16 heavy (non-hydrogen) atoms. The van der Waals surface area contributed by atoms with Gasteiger partial charge in [0.1, 0.15) is 6.10 Å². The molecular formula is C11H13BrN2O2. The monoisotopic (exact) mass is 284 g/mol. The second-order valence-electron chi connectivity index (χ2n) is 3.93. The number of carbonyl (C=O) groups is 1. The highest BCUT2D eigenvalue weighted by Crippen LogP contribution is 2.39. The van der Waals surface area contributed by atoms with Crippen LogP contribution in [0.5, 0.6) is 5.75 Å². The first-order valence-electron chi connectivity index (χ1n) is 5.01. The summed E-state index contributed by atoms with van der Waals surface area (Å²) in [7, 11) is 1.73. The van der Waals surface area contributed by atoms with E-state index in [0.29, 0.717) is 23.5 Å². The molecule has 1 aromatic rings. The molecule has 86 valence electrons. The predicted molar refractivity (Wildman–Crippen MR) is 66.7 cm³/mol. The fourth-order valence-corrected chi connectivity index (χ4v) is 2.20. The van der Waals surface area contributed by atoms with Crippen molar-refractivity contribution in [1.29, 1.82) is 0 Å². The lowest BCUT2D eigenvalue weighted by Crippen LogP contribution is -2.27. The van der Waals surface area contributed by atoms with Crippen LogP contribution in [0.1, 0.15) is 13.3 Å². The molecule has 0 fully saturated rings. The second kappa shape index (κ2) is 3.97. The quantitative estimate of drug-likeness (QED) is 0.743. The van der Waals surface area contributed by atoms with Crippen molar-refractivity contribution in [2.75, 3.05) is 17.7 Å². The van der Waals surface area contributed by atoms with Crippen LogP contribution in [0.4, 0.5) is 11.4 Å². The Balaban J connectivity index is 2.59. The summed E-state index contributed by atoms with van der Waals surface area (Å²) in [6, 6.07) is 3.61. The molecule has 0 radical (unpaired) electrons. The van der Waals surface area contributed by atoms with E-state index in [0.717, 1.165) is 4.47 Å². The molecular weight excluding hydrogens is 272 g/mol. The molecule has 0 bridgehead atoms. The van der Waals surface area contributed by atoms with Gasteiger partial charge in [-0.3, -0.25) is 4.79 Å². The van der Waals surface area contributed by atoms with Crippen molar-refractivity contribution in [3.05, 3.63) is 16.6 Å². The second-order valence-corrected chi connectivity index (χ2v) is 4.84. The van der Waals surface area contributed by atoms with Crippen LogP contribution in [0.25, 0.3) is 0 Å². The number of fused-ring (bicyclic) bond motifs is 1. The lowest BCUT2D eigenvalue weighted by molar-refractivity contribution is -0.119. The van der Waals surface area contributed by atoms with Crippen LogP contribution in [-0.4, -0.2) is 19.1 Å². The number of hydrogen-bond acceptors (Lipinski definition) is 3. The third kappa shape index (κ3) is 1.87. The smallest absolute Gasteiger partial charge is 0.230 e. The largest absolute Gasteiger partial charge is 0.486 e. The Morgan fingerprint density at radius 2 is 2.25 bits per heavy atom. The van der Waals surface area contributed by atoms with Gasteiger partial charge in [-0.2, -0.15) is 0 Å². The maximum Gasteiger partial charge on any atom is 0.230 e. The average molecular weight is 285 g/mol. The van der Waals surface area contributed by atoms with Crippen molar-refractivity contribution in [3.63, 3.8) is 0 Å². The van der Waals surface area contributed by atoms with Gasteiger partial charge in [0.25, 0.3) is 0 Å². The molecule has 1 heterocycles. The molecule has 1 unspecified atom stereocenters. The molecule has 1 aromatic carbocycles. The molecule has 1 amide bonds. The van der Waals surface area contributed by atoms with Crippen molar-refractivity contribution >= 4 is 33.2 Å². The topological polar surface area (TPSA) is 55.6 Å². The Morgan fingerprint density at radius 3 is 2.94 bits per heavy atom. The summed E-state index contributed by atoms with van der Waals surface area (Å²) in [6.45, 7) is 1.86. The Hall–Kier alpha value is -1.23. The van der Waals surface area contributed by atoms with E-state index in [2.05, 4.69) is 15.9 Å². The zero-order chi connectivity index (χ0) is 11.9. The molecule has 2 rings (SSSR count). The van der Waals surface area contributed by atoms with Crippen LogP contribution >= 0.6 is 15.9 Å². The van der Waals surface area contributed by atoms with Crippen molar-refractivity contribution < 1.29 is 9.53 Å². The fraction of sp³-hybridized carbons (Fsp3) is 0.364. The Bertz CT molecular complexity index is 448. The zero-order valence-corrected chi connectivity index (χ0v) is 10.7. The SMILES string of the molecule is CC1CC(=O)N(C)c2cc(Br)cc(N)c2O1. The third-order valence-corrected chi connectivity index (χ3v) is 3.04. The van der Waals surface area contributed by atoms with Gasteiger partial charge in [0.15, 0.2) is 5.75 Å². The summed E-state index contributed by atoms with van der Waals surface area (Å²) in [5, 5.41) is 0. The first-order chi connectivity index (χ1) is 7.49. The number of nitrogen functional groups attached to an aromatic ring is 1. The minimum Gasteiger partial charge on any atom is -0.486 e. The first-order valence-corrected chi connectivity index (χ1v) is 5.80. The van der Waals surface area contributed by atoms with Crippen LogP contribution in [0, 0.1) is 0 Å². The van der Waals surface area contributed by atoms with Crippen molar-refractivity contribution in [1.82, 2.24) is 0 Å². The van der Waals surface area contributed by atoms with Gasteiger partial charge < -0.3 is 15.4 Å². The van der Waals surface area contributed by atoms with Crippen LogP contribution in [0.15, 0.2) is 16.6 Å². The van der Waals surface area contributed by atoms with Gasteiger partial charge in [0.2, 0.25) is 5.91 Å². The van der Waals surface area contributed by atoms with E-state index in [1.54, 1.807) is 18.0 Å². The Morgan fingerprint density at radius 1 is 1.56 bits per heavy atom. The number of amides is 1. The molecule has 1 atom stereocenters. The van der Waals surface area contributed by atoms with E-state index in [1.165, 1.54) is 0 Å². The van der Waals surface area contributed by atoms with E-state index >= 15 is 0 Å². The summed E-state index contributed by atoms with van der Waals surface area (Å²) >= 11 is 3.36.